The molecule has 2 atom stereocenters. The largest absolute Gasteiger partial charge is 0.467 e. The molecule has 1 saturated heterocycles. The van der Waals surface area contributed by atoms with Gasteiger partial charge in [0.1, 0.15) is 5.75 Å². The van der Waals surface area contributed by atoms with Crippen molar-refractivity contribution in [3.05, 3.63) is 58.1 Å². The van der Waals surface area contributed by atoms with E-state index in [1.807, 2.05) is 0 Å². The van der Waals surface area contributed by atoms with Crippen LogP contribution in [0.2, 0.25) is 0 Å². The average Bonchev–Trinajstić information content (AvgIpc) is 2.84. The van der Waals surface area contributed by atoms with Gasteiger partial charge in [0.15, 0.2) is 6.79 Å². The zero-order chi connectivity index (χ0) is 26.3. The molecule has 2 aromatic rings. The number of nitrogens with zero attached hydrogens (tertiary/aromatic N) is 1. The lowest BCUT2D eigenvalue weighted by atomic mass is 9.80. The predicted octanol–water partition coefficient (Wildman–Crippen LogP) is 7.98. The molecule has 0 saturated carbocycles. The summed E-state index contributed by atoms with van der Waals surface area (Å²) >= 11 is 0. The molecule has 1 fully saturated rings. The summed E-state index contributed by atoms with van der Waals surface area (Å²) in [4.78, 5) is 2.66. The van der Waals surface area contributed by atoms with Gasteiger partial charge in [0.05, 0.1) is 0 Å². The Balaban J connectivity index is 2.13. The van der Waals surface area contributed by atoms with Crippen molar-refractivity contribution in [3.8, 4) is 5.75 Å². The summed E-state index contributed by atoms with van der Waals surface area (Å²) in [6, 6.07) is 11.9. The standard InChI is InChI=1S/C32H50NO2P/c1-9-16-32(10-2,28-21-25(4)20-27(31(5,6)7)30(28)35-23-34-8)36-29-15-14-24(3)19-26(29)22-33-17-12-11-13-18-33/h14-15,19-21,36H,9-13,16-18,22-23H2,1-8H3. The molecule has 1 aliphatic heterocycles. The Labute approximate surface area is 223 Å². The van der Waals surface area contributed by atoms with Crippen molar-refractivity contribution in [3.63, 3.8) is 0 Å². The van der Waals surface area contributed by atoms with E-state index in [0.717, 1.165) is 31.6 Å². The summed E-state index contributed by atoms with van der Waals surface area (Å²) in [7, 11) is 2.41. The van der Waals surface area contributed by atoms with E-state index in [1.54, 1.807) is 7.11 Å². The molecule has 0 aromatic heterocycles. The quantitative estimate of drug-likeness (QED) is 0.225. The van der Waals surface area contributed by atoms with Crippen LogP contribution in [0.3, 0.4) is 0 Å². The highest BCUT2D eigenvalue weighted by molar-refractivity contribution is 7.48. The van der Waals surface area contributed by atoms with E-state index in [0.29, 0.717) is 8.58 Å². The lowest BCUT2D eigenvalue weighted by Gasteiger charge is -2.38. The number of rotatable bonds is 11. The third-order valence-corrected chi connectivity index (χ3v) is 9.74. The second-order valence-corrected chi connectivity index (χ2v) is 13.5. The van der Waals surface area contributed by atoms with Crippen LogP contribution >= 0.6 is 8.58 Å². The number of ether oxygens (including phenoxy) is 2. The van der Waals surface area contributed by atoms with E-state index in [-0.39, 0.29) is 17.4 Å². The normalized spacial score (nSPS) is 17.0. The highest BCUT2D eigenvalue weighted by atomic mass is 31.1. The number of benzene rings is 2. The smallest absolute Gasteiger partial charge is 0.188 e. The van der Waals surface area contributed by atoms with Crippen LogP contribution in [0.5, 0.6) is 5.75 Å². The molecule has 2 unspecified atom stereocenters. The van der Waals surface area contributed by atoms with Gasteiger partial charge in [-0.25, -0.2) is 0 Å². The third kappa shape index (κ3) is 7.12. The van der Waals surface area contributed by atoms with Gasteiger partial charge >= 0.3 is 0 Å². The van der Waals surface area contributed by atoms with Gasteiger partial charge in [-0.3, -0.25) is 4.90 Å². The molecule has 0 bridgehead atoms. The molecular formula is C32H50NO2P. The van der Waals surface area contributed by atoms with E-state index in [9.17, 15) is 0 Å². The van der Waals surface area contributed by atoms with Crippen LogP contribution in [-0.4, -0.2) is 31.9 Å². The molecule has 2 aromatic carbocycles. The maximum Gasteiger partial charge on any atom is 0.188 e. The molecule has 3 nitrogen and oxygen atoms in total. The molecule has 200 valence electrons. The van der Waals surface area contributed by atoms with E-state index < -0.39 is 0 Å². The molecule has 4 heteroatoms. The molecule has 0 amide bonds. The number of hydrogen-bond acceptors (Lipinski definition) is 3. The number of hydrogen-bond donors (Lipinski definition) is 0. The van der Waals surface area contributed by atoms with Crippen molar-refractivity contribution >= 4 is 13.9 Å². The van der Waals surface area contributed by atoms with Gasteiger partial charge in [0.2, 0.25) is 0 Å². The molecule has 0 aliphatic carbocycles. The van der Waals surface area contributed by atoms with Gasteiger partial charge in [0.25, 0.3) is 0 Å². The zero-order valence-corrected chi connectivity index (χ0v) is 25.2. The van der Waals surface area contributed by atoms with E-state index in [4.69, 9.17) is 9.47 Å². The second-order valence-electron chi connectivity index (χ2n) is 11.8. The molecule has 0 N–H and O–H groups in total. The van der Waals surface area contributed by atoms with Crippen molar-refractivity contribution in [1.29, 1.82) is 0 Å². The van der Waals surface area contributed by atoms with Crippen molar-refractivity contribution in [2.75, 3.05) is 27.0 Å². The van der Waals surface area contributed by atoms with Gasteiger partial charge in [-0.2, -0.15) is 0 Å². The first-order valence-corrected chi connectivity index (χ1v) is 15.0. The number of piperidine rings is 1. The first kappa shape index (κ1) is 29.2. The fourth-order valence-corrected chi connectivity index (χ4v) is 7.56. The molecule has 0 spiro atoms. The number of likely N-dealkylation sites (tertiary alicyclic amines) is 1. The van der Waals surface area contributed by atoms with Crippen molar-refractivity contribution < 1.29 is 9.47 Å². The second kappa shape index (κ2) is 12.9. The highest BCUT2D eigenvalue weighted by Crippen LogP contribution is 2.53. The van der Waals surface area contributed by atoms with Gasteiger partial charge in [-0.15, -0.1) is 0 Å². The summed E-state index contributed by atoms with van der Waals surface area (Å²) in [6.45, 7) is 19.9. The lowest BCUT2D eigenvalue weighted by Crippen LogP contribution is -2.32. The van der Waals surface area contributed by atoms with Gasteiger partial charge in [-0.1, -0.05) is 97.5 Å². The molecule has 1 heterocycles. The fourth-order valence-electron chi connectivity index (χ4n) is 5.70. The van der Waals surface area contributed by atoms with Gasteiger partial charge in [0, 0.05) is 29.9 Å². The summed E-state index contributed by atoms with van der Waals surface area (Å²) in [6.07, 6.45) is 7.43. The maximum absolute atomic E-state index is 6.44. The third-order valence-electron chi connectivity index (χ3n) is 7.64. The van der Waals surface area contributed by atoms with Crippen LogP contribution in [0.15, 0.2) is 30.3 Å². The minimum atomic E-state index is -0.0120. The average molecular weight is 512 g/mol. The van der Waals surface area contributed by atoms with Crippen molar-refractivity contribution in [1.82, 2.24) is 4.90 Å². The fraction of sp³-hybridized carbons (Fsp3) is 0.625. The SMILES string of the molecule is CCCC(CC)(Pc1ccc(C)cc1CN1CCCCC1)c1cc(C)cc(C(C)(C)C)c1OCOC. The lowest BCUT2D eigenvalue weighted by molar-refractivity contribution is 0.0485. The Hall–Kier alpha value is -1.41. The van der Waals surface area contributed by atoms with E-state index >= 15 is 0 Å². The van der Waals surface area contributed by atoms with Crippen molar-refractivity contribution in [2.24, 2.45) is 0 Å². The Morgan fingerprint density at radius 3 is 2.22 bits per heavy atom. The summed E-state index contributed by atoms with van der Waals surface area (Å²) < 4.78 is 11.9. The monoisotopic (exact) mass is 511 g/mol. The highest BCUT2D eigenvalue weighted by Gasteiger charge is 2.36. The Bertz CT molecular complexity index is 990. The number of aryl methyl sites for hydroxylation is 2. The first-order valence-electron chi connectivity index (χ1n) is 14.0. The van der Waals surface area contributed by atoms with Gasteiger partial charge < -0.3 is 9.47 Å². The summed E-state index contributed by atoms with van der Waals surface area (Å²) in [5, 5.41) is 1.56. The Morgan fingerprint density at radius 2 is 1.61 bits per heavy atom. The van der Waals surface area contributed by atoms with Crippen molar-refractivity contribution in [2.45, 2.75) is 104 Å². The Kier molecular flexibility index (Phi) is 10.4. The van der Waals surface area contributed by atoms with Crippen LogP contribution in [0, 0.1) is 13.8 Å². The van der Waals surface area contributed by atoms with Crippen LogP contribution in [0.25, 0.3) is 0 Å². The summed E-state index contributed by atoms with van der Waals surface area (Å²) in [5.74, 6) is 1.04. The molecule has 36 heavy (non-hydrogen) atoms. The minimum Gasteiger partial charge on any atom is -0.467 e. The van der Waals surface area contributed by atoms with Crippen LogP contribution in [0.4, 0.5) is 0 Å². The topological polar surface area (TPSA) is 21.7 Å². The molecule has 3 rings (SSSR count). The molecule has 1 aliphatic rings. The van der Waals surface area contributed by atoms with Crippen LogP contribution in [0.1, 0.15) is 101 Å². The van der Waals surface area contributed by atoms with Crippen LogP contribution < -0.4 is 10.0 Å². The molecule has 0 radical (unpaired) electrons. The van der Waals surface area contributed by atoms with Crippen LogP contribution in [-0.2, 0) is 21.9 Å². The number of methoxy groups -OCH3 is 1. The first-order chi connectivity index (χ1) is 17.1. The molecular weight excluding hydrogens is 461 g/mol. The summed E-state index contributed by atoms with van der Waals surface area (Å²) in [5.41, 5.74) is 6.84. The van der Waals surface area contributed by atoms with Gasteiger partial charge in [-0.05, 0) is 68.9 Å². The zero-order valence-electron chi connectivity index (χ0n) is 24.2. The van der Waals surface area contributed by atoms with E-state index in [1.165, 1.54) is 65.5 Å². The maximum atomic E-state index is 6.44. The predicted molar refractivity (Wildman–Crippen MR) is 158 cm³/mol. The minimum absolute atomic E-state index is 0.0120. The van der Waals surface area contributed by atoms with E-state index in [2.05, 4.69) is 83.7 Å². The Morgan fingerprint density at radius 1 is 0.917 bits per heavy atom.